The predicted octanol–water partition coefficient (Wildman–Crippen LogP) is -0.114. The summed E-state index contributed by atoms with van der Waals surface area (Å²) >= 11 is 0. The predicted molar refractivity (Wildman–Crippen MR) is 66.4 cm³/mol. The molecule has 1 N–H and O–H groups in total. The summed E-state index contributed by atoms with van der Waals surface area (Å²) in [6, 6.07) is 1.22. The summed E-state index contributed by atoms with van der Waals surface area (Å²) in [7, 11) is 0. The standard InChI is InChI=1S/C12H15N3O3/c1-2-11(17)14-6-3-4-9(8-14)15-7-5-10(16)13-12(15)18/h2,5,7,9H,1,3-4,6,8H2,(H,13,16,18). The Labute approximate surface area is 104 Å². The molecular weight excluding hydrogens is 234 g/mol. The van der Waals surface area contributed by atoms with E-state index in [-0.39, 0.29) is 11.9 Å². The first-order valence-corrected chi connectivity index (χ1v) is 5.84. The van der Waals surface area contributed by atoms with Crippen LogP contribution in [0.2, 0.25) is 0 Å². The molecule has 1 saturated heterocycles. The van der Waals surface area contributed by atoms with Crippen LogP contribution >= 0.6 is 0 Å². The first kappa shape index (κ1) is 12.3. The molecule has 6 nitrogen and oxygen atoms in total. The van der Waals surface area contributed by atoms with Crippen LogP contribution < -0.4 is 11.2 Å². The van der Waals surface area contributed by atoms with Crippen molar-refractivity contribution in [2.24, 2.45) is 0 Å². The lowest BCUT2D eigenvalue weighted by Crippen LogP contribution is -2.43. The van der Waals surface area contributed by atoms with Crippen LogP contribution in [0.3, 0.4) is 0 Å². The lowest BCUT2D eigenvalue weighted by atomic mass is 10.1. The highest BCUT2D eigenvalue weighted by Gasteiger charge is 2.23. The average molecular weight is 249 g/mol. The Hall–Kier alpha value is -2.11. The van der Waals surface area contributed by atoms with Crippen molar-refractivity contribution in [2.45, 2.75) is 18.9 Å². The second kappa shape index (κ2) is 5.03. The van der Waals surface area contributed by atoms with E-state index in [1.807, 2.05) is 0 Å². The van der Waals surface area contributed by atoms with Crippen molar-refractivity contribution in [3.63, 3.8) is 0 Å². The van der Waals surface area contributed by atoms with Crippen molar-refractivity contribution in [2.75, 3.05) is 13.1 Å². The van der Waals surface area contributed by atoms with Crippen molar-refractivity contribution in [1.29, 1.82) is 0 Å². The topological polar surface area (TPSA) is 75.2 Å². The highest BCUT2D eigenvalue weighted by Crippen LogP contribution is 2.19. The molecule has 0 aromatic carbocycles. The van der Waals surface area contributed by atoms with Gasteiger partial charge in [0, 0.05) is 25.4 Å². The van der Waals surface area contributed by atoms with Crippen LogP contribution in [0, 0.1) is 0 Å². The van der Waals surface area contributed by atoms with Crippen LogP contribution in [0.25, 0.3) is 0 Å². The average Bonchev–Trinajstić information content (AvgIpc) is 2.38. The van der Waals surface area contributed by atoms with E-state index in [1.54, 1.807) is 4.90 Å². The maximum atomic E-state index is 11.7. The third-order valence-electron chi connectivity index (χ3n) is 3.13. The fourth-order valence-corrected chi connectivity index (χ4v) is 2.23. The van der Waals surface area contributed by atoms with Gasteiger partial charge in [0.1, 0.15) is 0 Å². The van der Waals surface area contributed by atoms with Gasteiger partial charge in [-0.25, -0.2) is 4.79 Å². The summed E-state index contributed by atoms with van der Waals surface area (Å²) < 4.78 is 1.48. The number of likely N-dealkylation sites (tertiary alicyclic amines) is 1. The Morgan fingerprint density at radius 3 is 2.94 bits per heavy atom. The van der Waals surface area contributed by atoms with Gasteiger partial charge in [0.15, 0.2) is 0 Å². The number of rotatable bonds is 2. The lowest BCUT2D eigenvalue weighted by Gasteiger charge is -2.32. The number of hydrogen-bond donors (Lipinski definition) is 1. The first-order valence-electron chi connectivity index (χ1n) is 5.84. The molecule has 1 aromatic heterocycles. The molecule has 1 unspecified atom stereocenters. The Bertz CT molecular complexity index is 572. The van der Waals surface area contributed by atoms with Gasteiger partial charge in [-0.3, -0.25) is 19.1 Å². The van der Waals surface area contributed by atoms with Gasteiger partial charge in [-0.2, -0.15) is 0 Å². The summed E-state index contributed by atoms with van der Waals surface area (Å²) in [5.41, 5.74) is -0.841. The third kappa shape index (κ3) is 2.42. The smallest absolute Gasteiger partial charge is 0.328 e. The monoisotopic (exact) mass is 249 g/mol. The molecule has 1 aromatic rings. The molecule has 0 aliphatic carbocycles. The number of aromatic nitrogens is 2. The van der Waals surface area contributed by atoms with Gasteiger partial charge in [0.05, 0.1) is 6.04 Å². The maximum absolute atomic E-state index is 11.7. The number of piperidine rings is 1. The molecule has 0 bridgehead atoms. The Morgan fingerprint density at radius 1 is 1.50 bits per heavy atom. The zero-order valence-electron chi connectivity index (χ0n) is 9.96. The molecule has 1 fully saturated rings. The largest absolute Gasteiger partial charge is 0.337 e. The fraction of sp³-hybridized carbons (Fsp3) is 0.417. The summed E-state index contributed by atoms with van der Waals surface area (Å²) in [5.74, 6) is -0.128. The zero-order chi connectivity index (χ0) is 13.1. The molecule has 2 heterocycles. The molecule has 1 atom stereocenters. The minimum absolute atomic E-state index is 0.0907. The highest BCUT2D eigenvalue weighted by molar-refractivity contribution is 5.87. The second-order valence-electron chi connectivity index (χ2n) is 4.30. The van der Waals surface area contributed by atoms with Crippen LogP contribution in [0.5, 0.6) is 0 Å². The molecule has 0 spiro atoms. The van der Waals surface area contributed by atoms with E-state index in [0.29, 0.717) is 13.1 Å². The van der Waals surface area contributed by atoms with Gasteiger partial charge < -0.3 is 4.90 Å². The summed E-state index contributed by atoms with van der Waals surface area (Å²) in [6.07, 6.45) is 4.40. The quantitative estimate of drug-likeness (QED) is 0.743. The number of hydrogen-bond acceptors (Lipinski definition) is 3. The molecule has 2 rings (SSSR count). The van der Waals surface area contributed by atoms with Crippen molar-refractivity contribution in [3.05, 3.63) is 45.8 Å². The van der Waals surface area contributed by atoms with Gasteiger partial charge in [0.2, 0.25) is 5.91 Å². The fourth-order valence-electron chi connectivity index (χ4n) is 2.23. The van der Waals surface area contributed by atoms with Gasteiger partial charge in [0.25, 0.3) is 5.56 Å². The van der Waals surface area contributed by atoms with Crippen LogP contribution in [-0.2, 0) is 4.79 Å². The van der Waals surface area contributed by atoms with E-state index in [2.05, 4.69) is 11.6 Å². The van der Waals surface area contributed by atoms with E-state index in [4.69, 9.17) is 0 Å². The first-order chi connectivity index (χ1) is 8.61. The number of H-pyrrole nitrogens is 1. The summed E-state index contributed by atoms with van der Waals surface area (Å²) in [4.78, 5) is 38.1. The SMILES string of the molecule is C=CC(=O)N1CCCC(n2ccc(=O)[nH]c2=O)C1. The molecule has 0 saturated carbocycles. The van der Waals surface area contributed by atoms with Gasteiger partial charge in [-0.1, -0.05) is 6.58 Å². The minimum atomic E-state index is -0.430. The Kier molecular flexibility index (Phi) is 3.45. The van der Waals surface area contributed by atoms with Crippen LogP contribution in [0.15, 0.2) is 34.5 Å². The Morgan fingerprint density at radius 2 is 2.28 bits per heavy atom. The number of carbonyl (C=O) groups is 1. The molecule has 96 valence electrons. The number of nitrogens with zero attached hydrogens (tertiary/aromatic N) is 2. The maximum Gasteiger partial charge on any atom is 0.328 e. The molecule has 6 heteroatoms. The van der Waals surface area contributed by atoms with E-state index in [0.717, 1.165) is 12.8 Å². The Balaban J connectivity index is 2.23. The summed E-state index contributed by atoms with van der Waals surface area (Å²) in [5, 5.41) is 0. The third-order valence-corrected chi connectivity index (χ3v) is 3.13. The number of amides is 1. The molecule has 1 aliphatic rings. The van der Waals surface area contributed by atoms with Gasteiger partial charge in [-0.15, -0.1) is 0 Å². The summed E-state index contributed by atoms with van der Waals surface area (Å²) in [6.45, 7) is 4.60. The molecule has 0 radical (unpaired) electrons. The normalized spacial score (nSPS) is 19.6. The van der Waals surface area contributed by atoms with Crippen LogP contribution in [-0.4, -0.2) is 33.4 Å². The van der Waals surface area contributed by atoms with Crippen LogP contribution in [0.1, 0.15) is 18.9 Å². The minimum Gasteiger partial charge on any atom is -0.337 e. The van der Waals surface area contributed by atoms with Gasteiger partial charge in [-0.05, 0) is 18.9 Å². The van der Waals surface area contributed by atoms with Crippen molar-refractivity contribution in [3.8, 4) is 0 Å². The molecule has 18 heavy (non-hydrogen) atoms. The van der Waals surface area contributed by atoms with E-state index in [1.165, 1.54) is 22.9 Å². The zero-order valence-corrected chi connectivity index (χ0v) is 9.96. The highest BCUT2D eigenvalue weighted by atomic mass is 16.2. The lowest BCUT2D eigenvalue weighted by molar-refractivity contribution is -0.127. The second-order valence-corrected chi connectivity index (χ2v) is 4.30. The van der Waals surface area contributed by atoms with E-state index < -0.39 is 11.2 Å². The van der Waals surface area contributed by atoms with Gasteiger partial charge >= 0.3 is 5.69 Å². The van der Waals surface area contributed by atoms with Crippen molar-refractivity contribution >= 4 is 5.91 Å². The van der Waals surface area contributed by atoms with Crippen LogP contribution in [0.4, 0.5) is 0 Å². The number of aromatic amines is 1. The van der Waals surface area contributed by atoms with E-state index in [9.17, 15) is 14.4 Å². The van der Waals surface area contributed by atoms with Crippen molar-refractivity contribution < 1.29 is 4.79 Å². The number of carbonyl (C=O) groups excluding carboxylic acids is 1. The van der Waals surface area contributed by atoms with E-state index >= 15 is 0 Å². The van der Waals surface area contributed by atoms with Crippen molar-refractivity contribution in [1.82, 2.24) is 14.5 Å². The molecule has 1 amide bonds. The molecular formula is C12H15N3O3. The molecule has 1 aliphatic heterocycles. The number of nitrogens with one attached hydrogen (secondary N) is 1.